The second-order valence-corrected chi connectivity index (χ2v) is 5.38. The fourth-order valence-electron chi connectivity index (χ4n) is 2.56. The number of aromatic nitrogens is 4. The molecule has 1 aliphatic rings. The molecule has 0 unspecified atom stereocenters. The molecular formula is C14H14F3N5O. The zero-order valence-electron chi connectivity index (χ0n) is 12.6. The van der Waals surface area contributed by atoms with Crippen LogP contribution in [0.5, 0.6) is 0 Å². The molecule has 6 nitrogen and oxygen atoms in total. The summed E-state index contributed by atoms with van der Waals surface area (Å²) in [4.78, 5) is 25.5. The summed E-state index contributed by atoms with van der Waals surface area (Å²) in [5.74, 6) is 0.768. The van der Waals surface area contributed by atoms with Crippen LogP contribution in [-0.2, 0) is 26.2 Å². The molecule has 0 aliphatic carbocycles. The summed E-state index contributed by atoms with van der Waals surface area (Å²) in [5.41, 5.74) is 0.0222. The Morgan fingerprint density at radius 1 is 1.26 bits per heavy atom. The van der Waals surface area contributed by atoms with Crippen molar-refractivity contribution in [3.63, 3.8) is 0 Å². The molecule has 2 aromatic heterocycles. The molecule has 0 radical (unpaired) electrons. The van der Waals surface area contributed by atoms with E-state index < -0.39 is 11.9 Å². The van der Waals surface area contributed by atoms with Crippen molar-refractivity contribution >= 4 is 5.82 Å². The highest BCUT2D eigenvalue weighted by Gasteiger charge is 2.33. The molecular weight excluding hydrogens is 311 g/mol. The monoisotopic (exact) mass is 325 g/mol. The minimum Gasteiger partial charge on any atom is -0.352 e. The molecule has 3 rings (SSSR count). The Labute approximate surface area is 129 Å². The predicted molar refractivity (Wildman–Crippen MR) is 76.0 cm³/mol. The van der Waals surface area contributed by atoms with Gasteiger partial charge in [-0.05, 0) is 6.92 Å². The number of fused-ring (bicyclic) bond motifs is 1. The number of alkyl halides is 3. The summed E-state index contributed by atoms with van der Waals surface area (Å²) in [5, 5.41) is 0. The van der Waals surface area contributed by atoms with Crippen LogP contribution in [0.3, 0.4) is 0 Å². The lowest BCUT2D eigenvalue weighted by molar-refractivity contribution is -0.141. The molecule has 9 heteroatoms. The number of aryl methyl sites for hydroxylation is 1. The molecule has 0 saturated carbocycles. The zero-order valence-corrected chi connectivity index (χ0v) is 12.6. The van der Waals surface area contributed by atoms with Crippen molar-refractivity contribution in [2.45, 2.75) is 26.1 Å². The second-order valence-electron chi connectivity index (χ2n) is 5.38. The summed E-state index contributed by atoms with van der Waals surface area (Å²) in [7, 11) is 1.62. The maximum atomic E-state index is 12.8. The van der Waals surface area contributed by atoms with Crippen molar-refractivity contribution < 1.29 is 13.2 Å². The van der Waals surface area contributed by atoms with Crippen LogP contribution in [0.25, 0.3) is 0 Å². The van der Waals surface area contributed by atoms with Gasteiger partial charge < -0.3 is 4.90 Å². The van der Waals surface area contributed by atoms with Crippen LogP contribution >= 0.6 is 0 Å². The van der Waals surface area contributed by atoms with Crippen molar-refractivity contribution in [3.8, 4) is 0 Å². The third kappa shape index (κ3) is 2.78. The molecule has 1 aliphatic heterocycles. The fourth-order valence-corrected chi connectivity index (χ4v) is 2.56. The SMILES string of the molecule is Cc1nc2c(c(=O)n1C)CN(c1cc(C(F)(F)F)ncn1)CC2. The van der Waals surface area contributed by atoms with Crippen LogP contribution in [-0.4, -0.2) is 26.1 Å². The van der Waals surface area contributed by atoms with E-state index in [1.165, 1.54) is 4.57 Å². The fraction of sp³-hybridized carbons (Fsp3) is 0.429. The number of hydrogen-bond donors (Lipinski definition) is 0. The Morgan fingerprint density at radius 2 is 2.00 bits per heavy atom. The van der Waals surface area contributed by atoms with Gasteiger partial charge in [0.05, 0.1) is 17.8 Å². The molecule has 0 N–H and O–H groups in total. The first-order valence-electron chi connectivity index (χ1n) is 6.97. The molecule has 3 heterocycles. The minimum atomic E-state index is -4.53. The lowest BCUT2D eigenvalue weighted by Gasteiger charge is -2.29. The van der Waals surface area contributed by atoms with Crippen molar-refractivity contribution in [1.82, 2.24) is 19.5 Å². The van der Waals surface area contributed by atoms with E-state index in [-0.39, 0.29) is 17.9 Å². The summed E-state index contributed by atoms with van der Waals surface area (Å²) in [6.07, 6.45) is -3.16. The van der Waals surface area contributed by atoms with Gasteiger partial charge in [0.1, 0.15) is 23.7 Å². The van der Waals surface area contributed by atoms with Gasteiger partial charge in [0.2, 0.25) is 0 Å². The molecule has 2 aromatic rings. The van der Waals surface area contributed by atoms with E-state index in [1.54, 1.807) is 18.9 Å². The number of nitrogens with zero attached hydrogens (tertiary/aromatic N) is 5. The van der Waals surface area contributed by atoms with Crippen LogP contribution in [0.2, 0.25) is 0 Å². The second kappa shape index (κ2) is 5.32. The molecule has 0 amide bonds. The lowest BCUT2D eigenvalue weighted by atomic mass is 10.1. The van der Waals surface area contributed by atoms with Crippen LogP contribution in [0.1, 0.15) is 22.8 Å². The molecule has 0 atom stereocenters. The first-order chi connectivity index (χ1) is 10.8. The molecule has 0 bridgehead atoms. The molecule has 122 valence electrons. The number of halogens is 3. The lowest BCUT2D eigenvalue weighted by Crippen LogP contribution is -2.38. The first-order valence-corrected chi connectivity index (χ1v) is 6.97. The van der Waals surface area contributed by atoms with Gasteiger partial charge in [-0.1, -0.05) is 0 Å². The van der Waals surface area contributed by atoms with E-state index >= 15 is 0 Å². The molecule has 0 aromatic carbocycles. The first kappa shape index (κ1) is 15.4. The average molecular weight is 325 g/mol. The zero-order chi connectivity index (χ0) is 16.8. The van der Waals surface area contributed by atoms with Gasteiger partial charge in [0.25, 0.3) is 5.56 Å². The molecule has 0 fully saturated rings. The van der Waals surface area contributed by atoms with Crippen LogP contribution < -0.4 is 10.5 Å². The Kier molecular flexibility index (Phi) is 3.57. The minimum absolute atomic E-state index is 0.153. The van der Waals surface area contributed by atoms with Gasteiger partial charge in [0.15, 0.2) is 0 Å². The van der Waals surface area contributed by atoms with Crippen molar-refractivity contribution in [2.75, 3.05) is 11.4 Å². The van der Waals surface area contributed by atoms with Gasteiger partial charge in [-0.25, -0.2) is 15.0 Å². The van der Waals surface area contributed by atoms with E-state index in [0.717, 1.165) is 12.4 Å². The van der Waals surface area contributed by atoms with Gasteiger partial charge in [-0.2, -0.15) is 13.2 Å². The van der Waals surface area contributed by atoms with E-state index in [1.807, 2.05) is 0 Å². The maximum absolute atomic E-state index is 12.8. The van der Waals surface area contributed by atoms with E-state index in [0.29, 0.717) is 30.0 Å². The van der Waals surface area contributed by atoms with E-state index in [9.17, 15) is 18.0 Å². The van der Waals surface area contributed by atoms with Gasteiger partial charge >= 0.3 is 6.18 Å². The highest BCUT2D eigenvalue weighted by molar-refractivity contribution is 5.43. The molecule has 23 heavy (non-hydrogen) atoms. The van der Waals surface area contributed by atoms with E-state index in [2.05, 4.69) is 15.0 Å². The molecule has 0 saturated heterocycles. The topological polar surface area (TPSA) is 63.9 Å². The maximum Gasteiger partial charge on any atom is 0.433 e. The Bertz CT molecular complexity index is 815. The summed E-state index contributed by atoms with van der Waals surface area (Å²) in [6.45, 7) is 2.37. The summed E-state index contributed by atoms with van der Waals surface area (Å²) in [6, 6.07) is 0.900. The smallest absolute Gasteiger partial charge is 0.352 e. The van der Waals surface area contributed by atoms with Crippen molar-refractivity contribution in [3.05, 3.63) is 45.5 Å². The predicted octanol–water partition coefficient (Wildman–Crippen LogP) is 1.46. The van der Waals surface area contributed by atoms with Crippen LogP contribution in [0.15, 0.2) is 17.2 Å². The standard InChI is InChI=1S/C14H14F3N5O/c1-8-20-10-3-4-22(6-9(10)13(23)21(8)2)12-5-11(14(15,16)17)18-7-19-12/h5,7H,3-4,6H2,1-2H3. The van der Waals surface area contributed by atoms with Gasteiger partial charge in [0, 0.05) is 26.1 Å². The number of hydrogen-bond acceptors (Lipinski definition) is 5. The third-order valence-electron chi connectivity index (χ3n) is 3.93. The van der Waals surface area contributed by atoms with Crippen molar-refractivity contribution in [1.29, 1.82) is 0 Å². The van der Waals surface area contributed by atoms with Crippen molar-refractivity contribution in [2.24, 2.45) is 7.05 Å². The van der Waals surface area contributed by atoms with E-state index in [4.69, 9.17) is 0 Å². The largest absolute Gasteiger partial charge is 0.433 e. The average Bonchev–Trinajstić information content (AvgIpc) is 2.52. The summed E-state index contributed by atoms with van der Waals surface area (Å²) < 4.78 is 39.7. The Hall–Kier alpha value is -2.45. The quantitative estimate of drug-likeness (QED) is 0.794. The molecule has 0 spiro atoms. The normalized spacial score (nSPS) is 14.7. The Morgan fingerprint density at radius 3 is 2.70 bits per heavy atom. The third-order valence-corrected chi connectivity index (χ3v) is 3.93. The summed E-state index contributed by atoms with van der Waals surface area (Å²) >= 11 is 0. The van der Waals surface area contributed by atoms with Crippen LogP contribution in [0.4, 0.5) is 19.0 Å². The Balaban J connectivity index is 1.97. The van der Waals surface area contributed by atoms with Gasteiger partial charge in [-0.3, -0.25) is 9.36 Å². The van der Waals surface area contributed by atoms with Crippen LogP contribution in [0, 0.1) is 6.92 Å². The van der Waals surface area contributed by atoms with Gasteiger partial charge in [-0.15, -0.1) is 0 Å². The highest BCUT2D eigenvalue weighted by atomic mass is 19.4. The highest BCUT2D eigenvalue weighted by Crippen LogP contribution is 2.29. The number of anilines is 1. The number of rotatable bonds is 1.